The fourth-order valence-electron chi connectivity index (χ4n) is 3.70. The van der Waals surface area contributed by atoms with Crippen LogP contribution in [0.25, 0.3) is 0 Å². The molecule has 0 saturated carbocycles. The third-order valence-corrected chi connectivity index (χ3v) is 6.60. The number of hydrogen-bond acceptors (Lipinski definition) is 4. The van der Waals surface area contributed by atoms with E-state index in [0.29, 0.717) is 24.2 Å². The molecule has 0 bridgehead atoms. The Hall–Kier alpha value is -3.32. The van der Waals surface area contributed by atoms with Crippen molar-refractivity contribution in [3.05, 3.63) is 94.5 Å². The van der Waals surface area contributed by atoms with Crippen LogP contribution in [0.3, 0.4) is 0 Å². The summed E-state index contributed by atoms with van der Waals surface area (Å²) in [7, 11) is -1.86. The standard InChI is InChI=1S/C26H30N2O4S/c1-19-6-5-7-20(2)25(19)28(33(4,30)31)18-22-8-12-23(13-9-22)26(29)27-17-16-21-10-14-24(32-3)15-11-21/h5-15H,16-18H2,1-4H3,(H,27,29). The van der Waals surface area contributed by atoms with Crippen molar-refractivity contribution in [1.29, 1.82) is 0 Å². The van der Waals surface area contributed by atoms with E-state index in [0.717, 1.165) is 28.0 Å². The fourth-order valence-corrected chi connectivity index (χ4v) is 4.71. The Morgan fingerprint density at radius 3 is 2.03 bits per heavy atom. The van der Waals surface area contributed by atoms with Crippen LogP contribution in [0.2, 0.25) is 0 Å². The molecule has 1 amide bonds. The maximum atomic E-state index is 12.5. The molecule has 1 N–H and O–H groups in total. The summed E-state index contributed by atoms with van der Waals surface area (Å²) in [5.41, 5.74) is 4.94. The molecule has 0 radical (unpaired) electrons. The number of para-hydroxylation sites is 1. The number of hydrogen-bond donors (Lipinski definition) is 1. The van der Waals surface area contributed by atoms with Crippen LogP contribution >= 0.6 is 0 Å². The van der Waals surface area contributed by atoms with Crippen LogP contribution in [0, 0.1) is 13.8 Å². The first-order valence-corrected chi connectivity index (χ1v) is 12.6. The van der Waals surface area contributed by atoms with Gasteiger partial charge in [-0.3, -0.25) is 9.10 Å². The lowest BCUT2D eigenvalue weighted by Gasteiger charge is -2.26. The predicted molar refractivity (Wildman–Crippen MR) is 132 cm³/mol. The second-order valence-corrected chi connectivity index (χ2v) is 9.97. The van der Waals surface area contributed by atoms with E-state index in [-0.39, 0.29) is 12.5 Å². The molecule has 3 aromatic rings. The first-order chi connectivity index (χ1) is 15.7. The molecule has 3 aromatic carbocycles. The van der Waals surface area contributed by atoms with Crippen molar-refractivity contribution in [2.45, 2.75) is 26.8 Å². The van der Waals surface area contributed by atoms with Gasteiger partial charge in [-0.15, -0.1) is 0 Å². The average molecular weight is 467 g/mol. The van der Waals surface area contributed by atoms with Crippen LogP contribution in [0.4, 0.5) is 5.69 Å². The number of ether oxygens (including phenoxy) is 1. The lowest BCUT2D eigenvalue weighted by Crippen LogP contribution is -2.30. The third kappa shape index (κ3) is 6.35. The Kier molecular flexibility index (Phi) is 7.76. The topological polar surface area (TPSA) is 75.7 Å². The number of aryl methyl sites for hydroxylation is 2. The van der Waals surface area contributed by atoms with Crippen LogP contribution in [0.5, 0.6) is 5.75 Å². The minimum Gasteiger partial charge on any atom is -0.497 e. The zero-order valence-corrected chi connectivity index (χ0v) is 20.3. The van der Waals surface area contributed by atoms with Crippen molar-refractivity contribution in [3.63, 3.8) is 0 Å². The maximum Gasteiger partial charge on any atom is 0.251 e. The summed E-state index contributed by atoms with van der Waals surface area (Å²) in [4.78, 5) is 12.5. The van der Waals surface area contributed by atoms with E-state index >= 15 is 0 Å². The largest absolute Gasteiger partial charge is 0.497 e. The number of methoxy groups -OCH3 is 1. The van der Waals surface area contributed by atoms with Gasteiger partial charge in [-0.2, -0.15) is 0 Å². The Morgan fingerprint density at radius 1 is 0.909 bits per heavy atom. The van der Waals surface area contributed by atoms with Gasteiger partial charge in [0.25, 0.3) is 5.91 Å². The number of sulfonamides is 1. The highest BCUT2D eigenvalue weighted by atomic mass is 32.2. The zero-order valence-electron chi connectivity index (χ0n) is 19.5. The highest BCUT2D eigenvalue weighted by Gasteiger charge is 2.21. The van der Waals surface area contributed by atoms with Crippen LogP contribution in [0.1, 0.15) is 32.6 Å². The summed E-state index contributed by atoms with van der Waals surface area (Å²) in [5, 5.41) is 2.92. The molecule has 7 heteroatoms. The summed E-state index contributed by atoms with van der Waals surface area (Å²) < 4.78 is 31.7. The van der Waals surface area contributed by atoms with Gasteiger partial charge in [0.1, 0.15) is 5.75 Å². The summed E-state index contributed by atoms with van der Waals surface area (Å²) in [6, 6.07) is 20.5. The van der Waals surface area contributed by atoms with Crippen LogP contribution in [0.15, 0.2) is 66.7 Å². The van der Waals surface area contributed by atoms with Crippen LogP contribution < -0.4 is 14.4 Å². The molecule has 0 aliphatic carbocycles. The Morgan fingerprint density at radius 2 is 1.48 bits per heavy atom. The van der Waals surface area contributed by atoms with Crippen molar-refractivity contribution in [3.8, 4) is 5.75 Å². The van der Waals surface area contributed by atoms with Crippen LogP contribution in [-0.4, -0.2) is 34.2 Å². The van der Waals surface area contributed by atoms with Crippen molar-refractivity contribution >= 4 is 21.6 Å². The number of benzene rings is 3. The van der Waals surface area contributed by atoms with Gasteiger partial charge in [0.15, 0.2) is 0 Å². The second-order valence-electron chi connectivity index (χ2n) is 8.06. The number of carbonyl (C=O) groups excluding carboxylic acids is 1. The van der Waals surface area contributed by atoms with Gasteiger partial charge in [-0.05, 0) is 66.8 Å². The van der Waals surface area contributed by atoms with E-state index in [1.54, 1.807) is 31.4 Å². The lowest BCUT2D eigenvalue weighted by atomic mass is 10.1. The minimum atomic E-state index is -3.48. The molecule has 0 heterocycles. The minimum absolute atomic E-state index is 0.162. The third-order valence-electron chi connectivity index (χ3n) is 5.49. The smallest absolute Gasteiger partial charge is 0.251 e. The zero-order chi connectivity index (χ0) is 24.0. The van der Waals surface area contributed by atoms with Gasteiger partial charge < -0.3 is 10.1 Å². The summed E-state index contributed by atoms with van der Waals surface area (Å²) in [6.45, 7) is 4.52. The van der Waals surface area contributed by atoms with Gasteiger partial charge >= 0.3 is 0 Å². The van der Waals surface area contributed by atoms with E-state index in [4.69, 9.17) is 4.74 Å². The first kappa shape index (κ1) is 24.3. The van der Waals surface area contributed by atoms with Crippen molar-refractivity contribution < 1.29 is 17.9 Å². The molecule has 0 spiro atoms. The van der Waals surface area contributed by atoms with Crippen molar-refractivity contribution in [2.75, 3.05) is 24.2 Å². The highest BCUT2D eigenvalue weighted by molar-refractivity contribution is 7.92. The Bertz CT molecular complexity index is 1180. The number of nitrogens with one attached hydrogen (secondary N) is 1. The molecule has 0 aliphatic rings. The van der Waals surface area contributed by atoms with E-state index in [1.807, 2.05) is 56.3 Å². The molecule has 0 saturated heterocycles. The quantitative estimate of drug-likeness (QED) is 0.512. The van der Waals surface area contributed by atoms with Gasteiger partial charge in [-0.1, -0.05) is 42.5 Å². The van der Waals surface area contributed by atoms with Gasteiger partial charge in [0.2, 0.25) is 10.0 Å². The average Bonchev–Trinajstić information content (AvgIpc) is 2.78. The van der Waals surface area contributed by atoms with Crippen molar-refractivity contribution in [1.82, 2.24) is 5.32 Å². The molecular formula is C26H30N2O4S. The summed E-state index contributed by atoms with van der Waals surface area (Å²) >= 11 is 0. The SMILES string of the molecule is COc1ccc(CCNC(=O)c2ccc(CN(c3c(C)cccc3C)S(C)(=O)=O)cc2)cc1. The molecule has 0 unspecified atom stereocenters. The van der Waals surface area contributed by atoms with E-state index in [2.05, 4.69) is 5.32 Å². The number of anilines is 1. The Labute approximate surface area is 196 Å². The molecule has 6 nitrogen and oxygen atoms in total. The number of rotatable bonds is 9. The number of nitrogens with zero attached hydrogens (tertiary/aromatic N) is 1. The molecule has 174 valence electrons. The van der Waals surface area contributed by atoms with Crippen LogP contribution in [-0.2, 0) is 23.0 Å². The van der Waals surface area contributed by atoms with Gasteiger partial charge in [0.05, 0.1) is 25.6 Å². The van der Waals surface area contributed by atoms with Gasteiger partial charge in [-0.25, -0.2) is 8.42 Å². The molecular weight excluding hydrogens is 436 g/mol. The number of carbonyl (C=O) groups is 1. The molecule has 0 aliphatic heterocycles. The second kappa shape index (κ2) is 10.5. The highest BCUT2D eigenvalue weighted by Crippen LogP contribution is 2.28. The fraction of sp³-hybridized carbons (Fsp3) is 0.269. The van der Waals surface area contributed by atoms with Gasteiger partial charge in [0, 0.05) is 12.1 Å². The summed E-state index contributed by atoms with van der Waals surface area (Å²) in [6.07, 6.45) is 1.93. The molecule has 0 atom stereocenters. The molecule has 3 rings (SSSR count). The lowest BCUT2D eigenvalue weighted by molar-refractivity contribution is 0.0954. The molecule has 33 heavy (non-hydrogen) atoms. The normalized spacial score (nSPS) is 11.2. The summed E-state index contributed by atoms with van der Waals surface area (Å²) in [5.74, 6) is 0.639. The monoisotopic (exact) mass is 466 g/mol. The number of amides is 1. The Balaban J connectivity index is 1.65. The van der Waals surface area contributed by atoms with E-state index in [9.17, 15) is 13.2 Å². The van der Waals surface area contributed by atoms with E-state index in [1.165, 1.54) is 10.6 Å². The first-order valence-electron chi connectivity index (χ1n) is 10.7. The van der Waals surface area contributed by atoms with Crippen molar-refractivity contribution in [2.24, 2.45) is 0 Å². The molecule has 0 fully saturated rings. The predicted octanol–water partition coefficient (Wildman–Crippen LogP) is 4.25. The van der Waals surface area contributed by atoms with E-state index < -0.39 is 10.0 Å². The molecule has 0 aromatic heterocycles. The maximum absolute atomic E-state index is 12.5.